The summed E-state index contributed by atoms with van der Waals surface area (Å²) in [6, 6.07) is 3.26. The number of aromatic nitrogens is 3. The monoisotopic (exact) mass is 299 g/mol. The molecule has 2 heterocycles. The number of rotatable bonds is 5. The van der Waals surface area contributed by atoms with Gasteiger partial charge < -0.3 is 4.74 Å². The molecule has 2 aromatic heterocycles. The Morgan fingerprint density at radius 2 is 2.21 bits per heavy atom. The number of carbonyl (C=O) groups is 1. The van der Waals surface area contributed by atoms with E-state index < -0.39 is 0 Å². The second-order valence-electron chi connectivity index (χ2n) is 3.72. The number of carbonyl (C=O) groups excluding carboxylic acids is 1. The zero-order chi connectivity index (χ0) is 13.8. The molecule has 0 N–H and O–H groups in total. The van der Waals surface area contributed by atoms with Crippen LogP contribution in [0, 0.1) is 0 Å². The van der Waals surface area contributed by atoms with E-state index in [-0.39, 0.29) is 27.2 Å². The van der Waals surface area contributed by atoms with Crippen molar-refractivity contribution in [3.8, 4) is 0 Å². The Morgan fingerprint density at radius 1 is 1.42 bits per heavy atom. The average molecular weight is 300 g/mol. The van der Waals surface area contributed by atoms with Gasteiger partial charge in [-0.15, -0.1) is 0 Å². The molecule has 0 saturated heterocycles. The number of ketones is 1. The summed E-state index contributed by atoms with van der Waals surface area (Å²) in [4.78, 5) is 16.4. The molecule has 0 fully saturated rings. The lowest BCUT2D eigenvalue weighted by Gasteiger charge is -2.07. The second-order valence-corrected chi connectivity index (χ2v) is 4.53. The van der Waals surface area contributed by atoms with E-state index in [1.165, 1.54) is 17.1 Å². The van der Waals surface area contributed by atoms with Crippen molar-refractivity contribution in [2.75, 3.05) is 13.7 Å². The van der Waals surface area contributed by atoms with Gasteiger partial charge in [0.05, 0.1) is 29.4 Å². The van der Waals surface area contributed by atoms with Gasteiger partial charge in [0.1, 0.15) is 11.4 Å². The van der Waals surface area contributed by atoms with Gasteiger partial charge in [0.2, 0.25) is 5.78 Å². The number of nitrogens with zero attached hydrogens (tertiary/aromatic N) is 3. The highest BCUT2D eigenvalue weighted by molar-refractivity contribution is 6.37. The lowest BCUT2D eigenvalue weighted by atomic mass is 10.2. The minimum absolute atomic E-state index is 0.158. The fourth-order valence-electron chi connectivity index (χ4n) is 1.60. The second kappa shape index (κ2) is 6.14. The fourth-order valence-corrected chi connectivity index (χ4v) is 2.03. The maximum Gasteiger partial charge on any atom is 0.232 e. The van der Waals surface area contributed by atoms with Crippen LogP contribution in [0.2, 0.25) is 10.0 Å². The summed E-state index contributed by atoms with van der Waals surface area (Å²) in [6.07, 6.45) is 2.92. The molecule has 0 radical (unpaired) electrons. The lowest BCUT2D eigenvalue weighted by Crippen LogP contribution is -2.15. The largest absolute Gasteiger partial charge is 0.383 e. The molecule has 0 unspecified atom stereocenters. The molecule has 19 heavy (non-hydrogen) atoms. The number of hydrogen-bond donors (Lipinski definition) is 0. The molecule has 0 bridgehead atoms. The van der Waals surface area contributed by atoms with Gasteiger partial charge in [0, 0.05) is 13.3 Å². The summed E-state index contributed by atoms with van der Waals surface area (Å²) in [5.74, 6) is -0.357. The molecular weight excluding hydrogens is 289 g/mol. The average Bonchev–Trinajstić information content (AvgIpc) is 2.77. The van der Waals surface area contributed by atoms with Gasteiger partial charge in [-0.25, -0.2) is 0 Å². The van der Waals surface area contributed by atoms with Gasteiger partial charge in [-0.2, -0.15) is 5.10 Å². The molecule has 0 saturated carbocycles. The van der Waals surface area contributed by atoms with Crippen LogP contribution in [-0.4, -0.2) is 34.3 Å². The summed E-state index contributed by atoms with van der Waals surface area (Å²) >= 11 is 12.0. The van der Waals surface area contributed by atoms with E-state index in [0.29, 0.717) is 13.2 Å². The van der Waals surface area contributed by atoms with Gasteiger partial charge in [0.25, 0.3) is 0 Å². The van der Waals surface area contributed by atoms with E-state index in [1.807, 2.05) is 0 Å². The highest BCUT2D eigenvalue weighted by Crippen LogP contribution is 2.22. The molecule has 0 aliphatic carbocycles. The smallest absolute Gasteiger partial charge is 0.232 e. The molecule has 7 heteroatoms. The van der Waals surface area contributed by atoms with Gasteiger partial charge in [-0.1, -0.05) is 23.2 Å². The van der Waals surface area contributed by atoms with Gasteiger partial charge in [-0.3, -0.25) is 14.5 Å². The van der Waals surface area contributed by atoms with Crippen LogP contribution >= 0.6 is 23.2 Å². The summed E-state index contributed by atoms with van der Waals surface area (Å²) in [5, 5.41) is 4.59. The van der Waals surface area contributed by atoms with Crippen LogP contribution in [-0.2, 0) is 11.3 Å². The molecular formula is C12H11Cl2N3O2. The molecule has 100 valence electrons. The van der Waals surface area contributed by atoms with Crippen LogP contribution < -0.4 is 0 Å². The predicted octanol–water partition coefficient (Wildman–Crippen LogP) is 2.46. The zero-order valence-corrected chi connectivity index (χ0v) is 11.6. The minimum atomic E-state index is -0.357. The molecule has 0 atom stereocenters. The third kappa shape index (κ3) is 2.94. The quantitative estimate of drug-likeness (QED) is 0.796. The lowest BCUT2D eigenvalue weighted by molar-refractivity contribution is 0.102. The third-order valence-corrected chi connectivity index (χ3v) is 3.07. The summed E-state index contributed by atoms with van der Waals surface area (Å²) in [7, 11) is 1.57. The van der Waals surface area contributed by atoms with Crippen molar-refractivity contribution in [1.82, 2.24) is 14.8 Å². The number of ether oxygens (including phenoxy) is 1. The van der Waals surface area contributed by atoms with Crippen molar-refractivity contribution < 1.29 is 9.53 Å². The van der Waals surface area contributed by atoms with Crippen LogP contribution in [0.1, 0.15) is 16.2 Å². The first kappa shape index (κ1) is 14.0. The van der Waals surface area contributed by atoms with Crippen molar-refractivity contribution in [3.05, 3.63) is 46.0 Å². The van der Waals surface area contributed by atoms with E-state index in [2.05, 4.69) is 10.1 Å². The fraction of sp³-hybridized carbons (Fsp3) is 0.250. The van der Waals surface area contributed by atoms with Crippen molar-refractivity contribution in [2.45, 2.75) is 6.54 Å². The molecule has 0 amide bonds. The van der Waals surface area contributed by atoms with Crippen molar-refractivity contribution in [3.63, 3.8) is 0 Å². The van der Waals surface area contributed by atoms with Crippen LogP contribution in [0.5, 0.6) is 0 Å². The number of hydrogen-bond acceptors (Lipinski definition) is 4. The Labute approximate surface area is 120 Å². The normalized spacial score (nSPS) is 10.7. The number of pyridine rings is 1. The maximum atomic E-state index is 12.4. The first-order valence-electron chi connectivity index (χ1n) is 5.50. The molecule has 0 aliphatic rings. The van der Waals surface area contributed by atoms with Gasteiger partial charge >= 0.3 is 0 Å². The van der Waals surface area contributed by atoms with Crippen LogP contribution in [0.25, 0.3) is 0 Å². The molecule has 0 aromatic carbocycles. The Kier molecular flexibility index (Phi) is 4.52. The molecule has 0 aliphatic heterocycles. The maximum absolute atomic E-state index is 12.4. The van der Waals surface area contributed by atoms with Crippen LogP contribution in [0.4, 0.5) is 0 Å². The van der Waals surface area contributed by atoms with Crippen molar-refractivity contribution >= 4 is 29.0 Å². The Morgan fingerprint density at radius 3 is 2.89 bits per heavy atom. The summed E-state index contributed by atoms with van der Waals surface area (Å²) in [5.41, 5.74) is 0.421. The topological polar surface area (TPSA) is 57.0 Å². The standard InChI is InChI=1S/C12H11Cl2N3O2/c1-19-6-5-17-11(9(14)7-16-17)12(18)10-8(13)3-2-4-15-10/h2-4,7H,5-6H2,1H3. The number of methoxy groups -OCH3 is 1. The molecule has 0 spiro atoms. The van der Waals surface area contributed by atoms with Crippen molar-refractivity contribution in [2.24, 2.45) is 0 Å². The Balaban J connectivity index is 2.39. The van der Waals surface area contributed by atoms with Crippen LogP contribution in [0.3, 0.4) is 0 Å². The van der Waals surface area contributed by atoms with Gasteiger partial charge in [0.15, 0.2) is 0 Å². The molecule has 2 aromatic rings. The number of halogens is 2. The molecule has 5 nitrogen and oxygen atoms in total. The predicted molar refractivity (Wildman–Crippen MR) is 71.8 cm³/mol. The highest BCUT2D eigenvalue weighted by atomic mass is 35.5. The molecule has 2 rings (SSSR count). The van der Waals surface area contributed by atoms with Gasteiger partial charge in [-0.05, 0) is 12.1 Å². The van der Waals surface area contributed by atoms with E-state index in [0.717, 1.165) is 0 Å². The first-order valence-corrected chi connectivity index (χ1v) is 6.26. The van der Waals surface area contributed by atoms with E-state index in [4.69, 9.17) is 27.9 Å². The van der Waals surface area contributed by atoms with E-state index in [1.54, 1.807) is 19.2 Å². The zero-order valence-electron chi connectivity index (χ0n) is 10.1. The summed E-state index contributed by atoms with van der Waals surface area (Å²) in [6.45, 7) is 0.850. The first-order chi connectivity index (χ1) is 9.15. The Hall–Kier alpha value is -1.43. The van der Waals surface area contributed by atoms with Crippen LogP contribution in [0.15, 0.2) is 24.5 Å². The minimum Gasteiger partial charge on any atom is -0.383 e. The van der Waals surface area contributed by atoms with Crippen molar-refractivity contribution in [1.29, 1.82) is 0 Å². The summed E-state index contributed by atoms with van der Waals surface area (Å²) < 4.78 is 6.45. The van der Waals surface area contributed by atoms with E-state index >= 15 is 0 Å². The Bertz CT molecular complexity index is 598. The van der Waals surface area contributed by atoms with E-state index in [9.17, 15) is 4.79 Å². The third-order valence-electron chi connectivity index (χ3n) is 2.49. The highest BCUT2D eigenvalue weighted by Gasteiger charge is 2.22. The SMILES string of the molecule is COCCn1ncc(Cl)c1C(=O)c1ncccc1Cl.